The van der Waals surface area contributed by atoms with Gasteiger partial charge in [-0.3, -0.25) is 4.79 Å². The van der Waals surface area contributed by atoms with Gasteiger partial charge in [0.25, 0.3) is 0 Å². The van der Waals surface area contributed by atoms with Crippen molar-refractivity contribution in [2.75, 3.05) is 6.61 Å². The van der Waals surface area contributed by atoms with Crippen LogP contribution in [0.5, 0.6) is 0 Å². The molecule has 0 radical (unpaired) electrons. The predicted octanol–water partition coefficient (Wildman–Crippen LogP) is 4.58. The van der Waals surface area contributed by atoms with Crippen molar-refractivity contribution in [1.82, 2.24) is 0 Å². The van der Waals surface area contributed by atoms with Crippen molar-refractivity contribution in [3.63, 3.8) is 0 Å². The Labute approximate surface area is 131 Å². The van der Waals surface area contributed by atoms with Crippen LogP contribution in [0.15, 0.2) is 24.3 Å². The van der Waals surface area contributed by atoms with Gasteiger partial charge in [0.2, 0.25) is 0 Å². The lowest BCUT2D eigenvalue weighted by Gasteiger charge is -2.43. The molecule has 2 aliphatic rings. The van der Waals surface area contributed by atoms with Gasteiger partial charge >= 0.3 is 0 Å². The third-order valence-electron chi connectivity index (χ3n) is 5.04. The maximum atomic E-state index is 12.6. The Hall–Kier alpha value is -0.860. The average molecular weight is 307 g/mol. The van der Waals surface area contributed by atoms with E-state index in [0.717, 1.165) is 37.9 Å². The Morgan fingerprint density at radius 3 is 2.76 bits per heavy atom. The Morgan fingerprint density at radius 1 is 1.24 bits per heavy atom. The lowest BCUT2D eigenvalue weighted by atomic mass is 9.74. The molecule has 1 saturated carbocycles. The van der Waals surface area contributed by atoms with Gasteiger partial charge in [0.15, 0.2) is 0 Å². The van der Waals surface area contributed by atoms with E-state index in [-0.39, 0.29) is 11.5 Å². The lowest BCUT2D eigenvalue weighted by Crippen LogP contribution is -2.43. The molecular weight excluding hydrogens is 284 g/mol. The summed E-state index contributed by atoms with van der Waals surface area (Å²) in [7, 11) is 0. The van der Waals surface area contributed by atoms with E-state index in [0.29, 0.717) is 17.2 Å². The maximum Gasteiger partial charge on any atom is 0.140 e. The van der Waals surface area contributed by atoms with E-state index < -0.39 is 0 Å². The summed E-state index contributed by atoms with van der Waals surface area (Å²) < 4.78 is 6.08. The predicted molar refractivity (Wildman–Crippen MR) is 84.7 cm³/mol. The SMILES string of the molecule is O=C(Cc1ccccc1Cl)C1CCOC2(CCCCC2)C1. The van der Waals surface area contributed by atoms with Crippen LogP contribution in [-0.4, -0.2) is 18.0 Å². The number of ketones is 1. The summed E-state index contributed by atoms with van der Waals surface area (Å²) >= 11 is 6.17. The minimum Gasteiger partial charge on any atom is -0.375 e. The molecule has 21 heavy (non-hydrogen) atoms. The largest absolute Gasteiger partial charge is 0.375 e. The van der Waals surface area contributed by atoms with E-state index in [1.165, 1.54) is 19.3 Å². The number of carbonyl (C=O) groups is 1. The van der Waals surface area contributed by atoms with Gasteiger partial charge in [0.05, 0.1) is 5.60 Å². The number of ether oxygens (including phenoxy) is 1. The highest BCUT2D eigenvalue weighted by molar-refractivity contribution is 6.31. The first-order valence-corrected chi connectivity index (χ1v) is 8.46. The molecule has 2 fully saturated rings. The van der Waals surface area contributed by atoms with Crippen molar-refractivity contribution in [2.24, 2.45) is 5.92 Å². The van der Waals surface area contributed by atoms with E-state index in [2.05, 4.69) is 0 Å². The van der Waals surface area contributed by atoms with E-state index in [1.807, 2.05) is 24.3 Å². The van der Waals surface area contributed by atoms with Crippen molar-refractivity contribution >= 4 is 17.4 Å². The number of halogens is 1. The molecule has 1 aromatic carbocycles. The molecule has 2 nitrogen and oxygen atoms in total. The quantitative estimate of drug-likeness (QED) is 0.817. The molecule has 3 heteroatoms. The number of Topliss-reactive ketones (excluding diaryl/α,β-unsaturated/α-hetero) is 1. The van der Waals surface area contributed by atoms with E-state index in [9.17, 15) is 4.79 Å². The molecule has 1 aliphatic carbocycles. The molecule has 1 aliphatic heterocycles. The monoisotopic (exact) mass is 306 g/mol. The van der Waals surface area contributed by atoms with Crippen molar-refractivity contribution in [3.8, 4) is 0 Å². The second-order valence-electron chi connectivity index (χ2n) is 6.52. The average Bonchev–Trinajstić information content (AvgIpc) is 2.50. The molecule has 1 spiro atoms. The first kappa shape index (κ1) is 15.1. The van der Waals surface area contributed by atoms with E-state index in [1.54, 1.807) is 0 Å². The summed E-state index contributed by atoms with van der Waals surface area (Å²) in [5, 5.41) is 0.699. The van der Waals surface area contributed by atoms with Crippen molar-refractivity contribution < 1.29 is 9.53 Å². The molecule has 1 saturated heterocycles. The number of hydrogen-bond acceptors (Lipinski definition) is 2. The van der Waals surface area contributed by atoms with Crippen LogP contribution in [0.25, 0.3) is 0 Å². The molecule has 1 atom stereocenters. The maximum absolute atomic E-state index is 12.6. The van der Waals surface area contributed by atoms with Crippen molar-refractivity contribution in [3.05, 3.63) is 34.9 Å². The topological polar surface area (TPSA) is 26.3 Å². The summed E-state index contributed by atoms with van der Waals surface area (Å²) in [6.07, 6.45) is 8.29. The first-order valence-electron chi connectivity index (χ1n) is 8.09. The molecule has 1 unspecified atom stereocenters. The zero-order valence-electron chi connectivity index (χ0n) is 12.4. The van der Waals surface area contributed by atoms with Gasteiger partial charge in [0, 0.05) is 24.0 Å². The summed E-state index contributed by atoms with van der Waals surface area (Å²) in [4.78, 5) is 12.6. The molecule has 3 rings (SSSR count). The highest BCUT2D eigenvalue weighted by atomic mass is 35.5. The highest BCUT2D eigenvalue weighted by Gasteiger charge is 2.40. The number of benzene rings is 1. The van der Waals surface area contributed by atoms with E-state index >= 15 is 0 Å². The molecule has 1 heterocycles. The summed E-state index contributed by atoms with van der Waals surface area (Å²) in [6.45, 7) is 0.735. The van der Waals surface area contributed by atoms with E-state index in [4.69, 9.17) is 16.3 Å². The fourth-order valence-corrected chi connectivity index (χ4v) is 4.02. The van der Waals surface area contributed by atoms with Crippen LogP contribution in [0, 0.1) is 5.92 Å². The summed E-state index contributed by atoms with van der Waals surface area (Å²) in [6, 6.07) is 7.66. The van der Waals surface area contributed by atoms with Crippen LogP contribution in [-0.2, 0) is 16.0 Å². The summed E-state index contributed by atoms with van der Waals surface area (Å²) in [5.41, 5.74) is 0.950. The van der Waals surface area contributed by atoms with Gasteiger partial charge < -0.3 is 4.74 Å². The molecule has 114 valence electrons. The molecule has 0 aromatic heterocycles. The Bertz CT molecular complexity index is 500. The lowest BCUT2D eigenvalue weighted by molar-refractivity contribution is -0.142. The van der Waals surface area contributed by atoms with Gasteiger partial charge in [-0.2, -0.15) is 0 Å². The van der Waals surface area contributed by atoms with Gasteiger partial charge in [-0.05, 0) is 37.3 Å². The molecule has 0 N–H and O–H groups in total. The number of rotatable bonds is 3. The first-order chi connectivity index (χ1) is 10.2. The van der Waals surface area contributed by atoms with Gasteiger partial charge in [-0.25, -0.2) is 0 Å². The fraction of sp³-hybridized carbons (Fsp3) is 0.611. The van der Waals surface area contributed by atoms with Crippen LogP contribution in [0.2, 0.25) is 5.02 Å². The minimum absolute atomic E-state index is 0.00267. The molecule has 0 amide bonds. The number of hydrogen-bond donors (Lipinski definition) is 0. The second kappa shape index (κ2) is 6.50. The number of carbonyl (C=O) groups excluding carboxylic acids is 1. The van der Waals surface area contributed by atoms with Crippen molar-refractivity contribution in [1.29, 1.82) is 0 Å². The molecular formula is C18H23ClO2. The van der Waals surface area contributed by atoms with Gasteiger partial charge in [-0.1, -0.05) is 49.1 Å². The van der Waals surface area contributed by atoms with Crippen LogP contribution in [0.1, 0.15) is 50.5 Å². The van der Waals surface area contributed by atoms with Crippen LogP contribution < -0.4 is 0 Å². The minimum atomic E-state index is -0.00267. The highest BCUT2D eigenvalue weighted by Crippen LogP contribution is 2.41. The van der Waals surface area contributed by atoms with Crippen LogP contribution in [0.4, 0.5) is 0 Å². The summed E-state index contributed by atoms with van der Waals surface area (Å²) in [5.74, 6) is 0.476. The normalized spacial score (nSPS) is 24.9. The zero-order chi connectivity index (χ0) is 14.7. The molecule has 0 bridgehead atoms. The van der Waals surface area contributed by atoms with Crippen molar-refractivity contribution in [2.45, 2.75) is 57.0 Å². The Kier molecular flexibility index (Phi) is 4.66. The third kappa shape index (κ3) is 3.49. The van der Waals surface area contributed by atoms with Crippen LogP contribution >= 0.6 is 11.6 Å². The Balaban J connectivity index is 1.66. The smallest absolute Gasteiger partial charge is 0.140 e. The fourth-order valence-electron chi connectivity index (χ4n) is 3.82. The standard InChI is InChI=1S/C18H23ClO2/c19-16-7-3-2-6-14(16)12-17(20)15-8-11-21-18(13-15)9-4-1-5-10-18/h2-3,6-7,15H,1,4-5,8-13H2. The van der Waals surface area contributed by atoms with Gasteiger partial charge in [0.1, 0.15) is 5.78 Å². The zero-order valence-corrected chi connectivity index (χ0v) is 13.2. The third-order valence-corrected chi connectivity index (χ3v) is 5.40. The molecule has 1 aromatic rings. The van der Waals surface area contributed by atoms with Crippen LogP contribution in [0.3, 0.4) is 0 Å². The second-order valence-corrected chi connectivity index (χ2v) is 6.92. The Morgan fingerprint density at radius 2 is 2.00 bits per heavy atom. The van der Waals surface area contributed by atoms with Gasteiger partial charge in [-0.15, -0.1) is 0 Å².